The number of rotatable bonds is 8. The van der Waals surface area contributed by atoms with Gasteiger partial charge in [0.15, 0.2) is 0 Å². The van der Waals surface area contributed by atoms with Crippen LogP contribution >= 0.6 is 0 Å². The maximum atomic E-state index is 3.17. The molecule has 3 heteroatoms. The Labute approximate surface area is 112 Å². The van der Waals surface area contributed by atoms with Crippen molar-refractivity contribution in [3.05, 3.63) is 29.8 Å². The van der Waals surface area contributed by atoms with E-state index in [9.17, 15) is 0 Å². The fraction of sp³-hybridized carbons (Fsp3) is 0.600. The van der Waals surface area contributed by atoms with Crippen LogP contribution in [0.4, 0.5) is 5.69 Å². The molecule has 0 atom stereocenters. The first-order valence-corrected chi connectivity index (χ1v) is 6.80. The molecule has 0 bridgehead atoms. The van der Waals surface area contributed by atoms with Crippen LogP contribution in [0.2, 0.25) is 0 Å². The van der Waals surface area contributed by atoms with Crippen molar-refractivity contribution in [2.45, 2.75) is 19.9 Å². The highest BCUT2D eigenvalue weighted by Crippen LogP contribution is 2.15. The van der Waals surface area contributed by atoms with Crippen LogP contribution in [0.15, 0.2) is 24.3 Å². The Morgan fingerprint density at radius 1 is 1.06 bits per heavy atom. The van der Waals surface area contributed by atoms with Crippen molar-refractivity contribution in [2.24, 2.45) is 0 Å². The lowest BCUT2D eigenvalue weighted by Gasteiger charge is -2.24. The molecule has 0 aliphatic heterocycles. The number of hydrogen-bond donors (Lipinski definition) is 1. The number of nitrogens with one attached hydrogen (secondary N) is 1. The number of nitrogens with zero attached hydrogens (tertiary/aromatic N) is 2. The zero-order valence-electron chi connectivity index (χ0n) is 12.2. The molecule has 1 rings (SSSR count). The van der Waals surface area contributed by atoms with E-state index in [2.05, 4.69) is 60.4 Å². The highest BCUT2D eigenvalue weighted by atomic mass is 15.1. The SMILES string of the molecule is CCN(CCCN(C)C)c1ccc(CNC)cc1. The molecule has 0 aliphatic carbocycles. The van der Waals surface area contributed by atoms with E-state index < -0.39 is 0 Å². The summed E-state index contributed by atoms with van der Waals surface area (Å²) in [6.45, 7) is 6.50. The average Bonchev–Trinajstić information content (AvgIpc) is 2.36. The van der Waals surface area contributed by atoms with Crippen LogP contribution in [0.5, 0.6) is 0 Å². The molecule has 1 aromatic rings. The van der Waals surface area contributed by atoms with Crippen molar-refractivity contribution in [1.29, 1.82) is 0 Å². The summed E-state index contributed by atoms with van der Waals surface area (Å²) in [6, 6.07) is 8.87. The Bertz CT molecular complexity index is 319. The molecule has 0 amide bonds. The van der Waals surface area contributed by atoms with Gasteiger partial charge in [0.25, 0.3) is 0 Å². The first-order chi connectivity index (χ1) is 8.67. The second-order valence-corrected chi connectivity index (χ2v) is 4.93. The minimum Gasteiger partial charge on any atom is -0.372 e. The molecular formula is C15H27N3. The van der Waals surface area contributed by atoms with E-state index in [1.54, 1.807) is 0 Å². The summed E-state index contributed by atoms with van der Waals surface area (Å²) in [6.07, 6.45) is 1.21. The highest BCUT2D eigenvalue weighted by Gasteiger charge is 2.04. The van der Waals surface area contributed by atoms with Gasteiger partial charge in [0, 0.05) is 25.3 Å². The molecule has 0 aliphatic rings. The molecule has 0 saturated carbocycles. The van der Waals surface area contributed by atoms with Crippen LogP contribution < -0.4 is 10.2 Å². The van der Waals surface area contributed by atoms with E-state index in [1.807, 2.05) is 7.05 Å². The molecule has 0 fully saturated rings. The van der Waals surface area contributed by atoms with Crippen LogP contribution in [-0.2, 0) is 6.54 Å². The van der Waals surface area contributed by atoms with E-state index in [0.29, 0.717) is 0 Å². The summed E-state index contributed by atoms with van der Waals surface area (Å²) in [5, 5.41) is 3.17. The van der Waals surface area contributed by atoms with Gasteiger partial charge in [0.05, 0.1) is 0 Å². The minimum atomic E-state index is 0.938. The molecule has 0 heterocycles. The third-order valence-corrected chi connectivity index (χ3v) is 3.10. The van der Waals surface area contributed by atoms with Crippen LogP contribution in [0.25, 0.3) is 0 Å². The van der Waals surface area contributed by atoms with Crippen LogP contribution in [-0.4, -0.2) is 45.7 Å². The predicted molar refractivity (Wildman–Crippen MR) is 80.3 cm³/mol. The lowest BCUT2D eigenvalue weighted by atomic mass is 10.2. The standard InChI is InChI=1S/C15H27N3/c1-5-18(12-6-11-17(3)4)15-9-7-14(8-10-15)13-16-2/h7-10,16H,5-6,11-13H2,1-4H3. The van der Waals surface area contributed by atoms with Gasteiger partial charge in [-0.1, -0.05) is 12.1 Å². The molecule has 0 saturated heterocycles. The molecule has 0 unspecified atom stereocenters. The Balaban J connectivity index is 2.53. The van der Waals surface area contributed by atoms with E-state index in [1.165, 1.54) is 17.7 Å². The molecule has 0 radical (unpaired) electrons. The zero-order valence-corrected chi connectivity index (χ0v) is 12.2. The van der Waals surface area contributed by atoms with Gasteiger partial charge in [-0.05, 0) is 58.7 Å². The lowest BCUT2D eigenvalue weighted by molar-refractivity contribution is 0.400. The van der Waals surface area contributed by atoms with E-state index in [0.717, 1.165) is 26.2 Å². The molecule has 3 nitrogen and oxygen atoms in total. The lowest BCUT2D eigenvalue weighted by Crippen LogP contribution is -2.26. The van der Waals surface area contributed by atoms with Crippen molar-refractivity contribution in [3.63, 3.8) is 0 Å². The maximum absolute atomic E-state index is 3.17. The second-order valence-electron chi connectivity index (χ2n) is 4.93. The van der Waals surface area contributed by atoms with Crippen LogP contribution in [0.3, 0.4) is 0 Å². The van der Waals surface area contributed by atoms with E-state index >= 15 is 0 Å². The monoisotopic (exact) mass is 249 g/mol. The largest absolute Gasteiger partial charge is 0.372 e. The molecule has 102 valence electrons. The normalized spacial score (nSPS) is 10.9. The van der Waals surface area contributed by atoms with Gasteiger partial charge in [0.2, 0.25) is 0 Å². The van der Waals surface area contributed by atoms with Gasteiger partial charge in [-0.3, -0.25) is 0 Å². The molecule has 0 spiro atoms. The van der Waals surface area contributed by atoms with Gasteiger partial charge < -0.3 is 15.1 Å². The highest BCUT2D eigenvalue weighted by molar-refractivity contribution is 5.47. The van der Waals surface area contributed by atoms with Crippen molar-refractivity contribution in [1.82, 2.24) is 10.2 Å². The molecule has 0 aromatic heterocycles. The molecule has 1 aromatic carbocycles. The quantitative estimate of drug-likeness (QED) is 0.762. The Morgan fingerprint density at radius 3 is 2.22 bits per heavy atom. The fourth-order valence-corrected chi connectivity index (χ4v) is 2.08. The van der Waals surface area contributed by atoms with Crippen molar-refractivity contribution >= 4 is 5.69 Å². The second kappa shape index (κ2) is 8.11. The van der Waals surface area contributed by atoms with Crippen molar-refractivity contribution in [3.8, 4) is 0 Å². The summed E-state index contributed by atoms with van der Waals surface area (Å²) < 4.78 is 0. The molecular weight excluding hydrogens is 222 g/mol. The van der Waals surface area contributed by atoms with Gasteiger partial charge in [-0.15, -0.1) is 0 Å². The molecule has 18 heavy (non-hydrogen) atoms. The smallest absolute Gasteiger partial charge is 0.0366 e. The summed E-state index contributed by atoms with van der Waals surface area (Å²) in [7, 11) is 6.24. The third-order valence-electron chi connectivity index (χ3n) is 3.10. The first kappa shape index (κ1) is 15.0. The Kier molecular flexibility index (Phi) is 6.76. The van der Waals surface area contributed by atoms with Crippen molar-refractivity contribution < 1.29 is 0 Å². The van der Waals surface area contributed by atoms with Gasteiger partial charge in [-0.25, -0.2) is 0 Å². The van der Waals surface area contributed by atoms with E-state index in [4.69, 9.17) is 0 Å². The zero-order chi connectivity index (χ0) is 13.4. The average molecular weight is 249 g/mol. The predicted octanol–water partition coefficient (Wildman–Crippen LogP) is 2.18. The topological polar surface area (TPSA) is 18.5 Å². The van der Waals surface area contributed by atoms with Crippen LogP contribution in [0, 0.1) is 0 Å². The molecule has 1 N–H and O–H groups in total. The summed E-state index contributed by atoms with van der Waals surface area (Å²) in [5.74, 6) is 0. The van der Waals surface area contributed by atoms with E-state index in [-0.39, 0.29) is 0 Å². The number of anilines is 1. The summed E-state index contributed by atoms with van der Waals surface area (Å²) in [5.41, 5.74) is 2.67. The minimum absolute atomic E-state index is 0.938. The van der Waals surface area contributed by atoms with Gasteiger partial charge in [0.1, 0.15) is 0 Å². The summed E-state index contributed by atoms with van der Waals surface area (Å²) in [4.78, 5) is 4.68. The van der Waals surface area contributed by atoms with Crippen LogP contribution in [0.1, 0.15) is 18.9 Å². The Morgan fingerprint density at radius 2 is 1.72 bits per heavy atom. The number of hydrogen-bond acceptors (Lipinski definition) is 3. The fourth-order valence-electron chi connectivity index (χ4n) is 2.08. The maximum Gasteiger partial charge on any atom is 0.0366 e. The first-order valence-electron chi connectivity index (χ1n) is 6.80. The number of benzene rings is 1. The van der Waals surface area contributed by atoms with Crippen molar-refractivity contribution in [2.75, 3.05) is 45.7 Å². The van der Waals surface area contributed by atoms with Gasteiger partial charge >= 0.3 is 0 Å². The summed E-state index contributed by atoms with van der Waals surface area (Å²) >= 11 is 0. The van der Waals surface area contributed by atoms with Gasteiger partial charge in [-0.2, -0.15) is 0 Å². The Hall–Kier alpha value is -1.06. The third kappa shape index (κ3) is 5.07.